The zero-order chi connectivity index (χ0) is 13.8. The van der Waals surface area contributed by atoms with Crippen LogP contribution in [-0.2, 0) is 6.42 Å². The van der Waals surface area contributed by atoms with Crippen molar-refractivity contribution in [3.8, 4) is 0 Å². The van der Waals surface area contributed by atoms with Crippen LogP contribution in [0.1, 0.15) is 17.2 Å². The number of hydrogen-bond acceptors (Lipinski definition) is 3. The molecule has 0 saturated heterocycles. The molecule has 0 fully saturated rings. The second-order valence-corrected chi connectivity index (χ2v) is 5.28. The first kappa shape index (κ1) is 14.4. The first-order chi connectivity index (χ1) is 9.13. The summed E-state index contributed by atoms with van der Waals surface area (Å²) in [6.07, 6.45) is 3.93. The SMILES string of the molecule is NNC(Cc1ccncc1)c1ccc(Br)c(Cl)c1F. The maximum atomic E-state index is 14.1. The summed E-state index contributed by atoms with van der Waals surface area (Å²) < 4.78 is 14.7. The lowest BCUT2D eigenvalue weighted by Gasteiger charge is -2.18. The molecule has 3 N–H and O–H groups in total. The molecular formula is C13H12BrClFN3. The van der Waals surface area contributed by atoms with Crippen molar-refractivity contribution in [2.75, 3.05) is 0 Å². The maximum Gasteiger partial charge on any atom is 0.147 e. The van der Waals surface area contributed by atoms with E-state index in [9.17, 15) is 4.39 Å². The van der Waals surface area contributed by atoms with E-state index in [0.717, 1.165) is 5.56 Å². The van der Waals surface area contributed by atoms with Crippen LogP contribution in [0.25, 0.3) is 0 Å². The van der Waals surface area contributed by atoms with Crippen LogP contribution < -0.4 is 11.3 Å². The highest BCUT2D eigenvalue weighted by molar-refractivity contribution is 9.10. The summed E-state index contributed by atoms with van der Waals surface area (Å²) in [5.74, 6) is 5.06. The quantitative estimate of drug-likeness (QED) is 0.508. The Labute approximate surface area is 124 Å². The largest absolute Gasteiger partial charge is 0.271 e. The monoisotopic (exact) mass is 343 g/mol. The van der Waals surface area contributed by atoms with Crippen molar-refractivity contribution < 1.29 is 4.39 Å². The molecule has 1 heterocycles. The summed E-state index contributed by atoms with van der Waals surface area (Å²) >= 11 is 9.07. The zero-order valence-electron chi connectivity index (χ0n) is 9.91. The van der Waals surface area contributed by atoms with E-state index in [4.69, 9.17) is 17.4 Å². The molecule has 1 aromatic carbocycles. The van der Waals surface area contributed by atoms with Gasteiger partial charge in [-0.05, 0) is 46.1 Å². The third-order valence-electron chi connectivity index (χ3n) is 2.83. The Kier molecular flexibility index (Phi) is 4.87. The number of pyridine rings is 1. The molecule has 100 valence electrons. The van der Waals surface area contributed by atoms with E-state index in [1.54, 1.807) is 24.5 Å². The fraction of sp³-hybridized carbons (Fsp3) is 0.154. The van der Waals surface area contributed by atoms with Crippen LogP contribution in [-0.4, -0.2) is 4.98 Å². The fourth-order valence-electron chi connectivity index (χ4n) is 1.82. The van der Waals surface area contributed by atoms with Crippen LogP contribution in [0.3, 0.4) is 0 Å². The fourth-order valence-corrected chi connectivity index (χ4v) is 2.30. The van der Waals surface area contributed by atoms with Gasteiger partial charge in [0.25, 0.3) is 0 Å². The van der Waals surface area contributed by atoms with Gasteiger partial charge >= 0.3 is 0 Å². The highest BCUT2D eigenvalue weighted by Crippen LogP contribution is 2.31. The molecule has 0 amide bonds. The van der Waals surface area contributed by atoms with E-state index in [1.165, 1.54) is 0 Å². The smallest absolute Gasteiger partial charge is 0.147 e. The number of aromatic nitrogens is 1. The van der Waals surface area contributed by atoms with Gasteiger partial charge in [-0.15, -0.1) is 0 Å². The highest BCUT2D eigenvalue weighted by atomic mass is 79.9. The van der Waals surface area contributed by atoms with Gasteiger partial charge < -0.3 is 0 Å². The van der Waals surface area contributed by atoms with Gasteiger partial charge in [0.1, 0.15) is 5.82 Å². The number of nitrogens with one attached hydrogen (secondary N) is 1. The Morgan fingerprint density at radius 1 is 1.32 bits per heavy atom. The van der Waals surface area contributed by atoms with Gasteiger partial charge in [-0.25, -0.2) is 4.39 Å². The van der Waals surface area contributed by atoms with Crippen molar-refractivity contribution >= 4 is 27.5 Å². The summed E-state index contributed by atoms with van der Waals surface area (Å²) in [6, 6.07) is 6.74. The Morgan fingerprint density at radius 3 is 2.63 bits per heavy atom. The summed E-state index contributed by atoms with van der Waals surface area (Å²) in [6.45, 7) is 0. The Bertz CT molecular complexity index is 565. The standard InChI is InChI=1S/C13H12BrClFN3/c14-10-2-1-9(13(16)12(10)15)11(19-17)7-8-3-5-18-6-4-8/h1-6,11,19H,7,17H2. The second kappa shape index (κ2) is 6.43. The lowest BCUT2D eigenvalue weighted by molar-refractivity contribution is 0.510. The van der Waals surface area contributed by atoms with Crippen LogP contribution in [0.2, 0.25) is 5.02 Å². The van der Waals surface area contributed by atoms with Crippen LogP contribution in [0.4, 0.5) is 4.39 Å². The van der Waals surface area contributed by atoms with Crippen LogP contribution in [0.15, 0.2) is 41.1 Å². The first-order valence-corrected chi connectivity index (χ1v) is 6.79. The number of halogens is 3. The normalized spacial score (nSPS) is 12.4. The minimum atomic E-state index is -0.465. The van der Waals surface area contributed by atoms with Crippen molar-refractivity contribution in [1.82, 2.24) is 10.4 Å². The molecule has 0 spiro atoms. The van der Waals surface area contributed by atoms with Crippen molar-refractivity contribution in [2.24, 2.45) is 5.84 Å². The van der Waals surface area contributed by atoms with Gasteiger partial charge in [-0.2, -0.15) is 0 Å². The summed E-state index contributed by atoms with van der Waals surface area (Å²) in [5, 5.41) is 0.0625. The molecule has 1 unspecified atom stereocenters. The van der Waals surface area contributed by atoms with E-state index < -0.39 is 5.82 Å². The van der Waals surface area contributed by atoms with Crippen molar-refractivity contribution in [3.63, 3.8) is 0 Å². The number of hydrogen-bond donors (Lipinski definition) is 2. The number of benzene rings is 1. The molecule has 0 saturated carbocycles. The molecule has 1 atom stereocenters. The molecule has 0 aliphatic carbocycles. The Balaban J connectivity index is 2.30. The van der Waals surface area contributed by atoms with Crippen molar-refractivity contribution in [1.29, 1.82) is 0 Å². The Hall–Kier alpha value is -1.01. The number of nitrogens with zero attached hydrogens (tertiary/aromatic N) is 1. The van der Waals surface area contributed by atoms with Crippen molar-refractivity contribution in [2.45, 2.75) is 12.5 Å². The predicted molar refractivity (Wildman–Crippen MR) is 77.1 cm³/mol. The molecule has 0 radical (unpaired) electrons. The van der Waals surface area contributed by atoms with E-state index in [1.807, 2.05) is 12.1 Å². The lowest BCUT2D eigenvalue weighted by Crippen LogP contribution is -2.30. The van der Waals surface area contributed by atoms with E-state index in [0.29, 0.717) is 16.5 Å². The molecule has 3 nitrogen and oxygen atoms in total. The Morgan fingerprint density at radius 2 is 2.00 bits per heavy atom. The summed E-state index contributed by atoms with van der Waals surface area (Å²) in [5.41, 5.74) is 4.07. The van der Waals surface area contributed by atoms with Gasteiger partial charge in [0, 0.05) is 22.4 Å². The van der Waals surface area contributed by atoms with Gasteiger partial charge in [-0.3, -0.25) is 16.3 Å². The van der Waals surface area contributed by atoms with E-state index in [2.05, 4.69) is 26.3 Å². The van der Waals surface area contributed by atoms with Crippen LogP contribution in [0, 0.1) is 5.82 Å². The number of hydrazine groups is 1. The lowest BCUT2D eigenvalue weighted by atomic mass is 9.99. The van der Waals surface area contributed by atoms with E-state index in [-0.39, 0.29) is 11.1 Å². The molecule has 0 bridgehead atoms. The van der Waals surface area contributed by atoms with Gasteiger partial charge in [0.15, 0.2) is 0 Å². The van der Waals surface area contributed by atoms with Crippen LogP contribution in [0.5, 0.6) is 0 Å². The number of nitrogens with two attached hydrogens (primary N) is 1. The highest BCUT2D eigenvalue weighted by Gasteiger charge is 2.18. The maximum absolute atomic E-state index is 14.1. The third-order valence-corrected chi connectivity index (χ3v) is 4.09. The van der Waals surface area contributed by atoms with Gasteiger partial charge in [0.05, 0.1) is 11.1 Å². The molecule has 1 aromatic heterocycles. The van der Waals surface area contributed by atoms with E-state index >= 15 is 0 Å². The number of rotatable bonds is 4. The molecule has 0 aliphatic heterocycles. The molecule has 19 heavy (non-hydrogen) atoms. The predicted octanol–water partition coefficient (Wildman–Crippen LogP) is 3.38. The zero-order valence-corrected chi connectivity index (χ0v) is 12.2. The minimum absolute atomic E-state index is 0.0625. The van der Waals surface area contributed by atoms with Gasteiger partial charge in [-0.1, -0.05) is 17.7 Å². The average molecular weight is 345 g/mol. The second-order valence-electron chi connectivity index (χ2n) is 4.04. The summed E-state index contributed by atoms with van der Waals surface area (Å²) in [7, 11) is 0. The van der Waals surface area contributed by atoms with Crippen LogP contribution >= 0.6 is 27.5 Å². The molecule has 6 heteroatoms. The van der Waals surface area contributed by atoms with Crippen molar-refractivity contribution in [3.05, 3.63) is 63.1 Å². The molecule has 2 aromatic rings. The third kappa shape index (κ3) is 3.30. The first-order valence-electron chi connectivity index (χ1n) is 5.62. The molecule has 2 rings (SSSR count). The van der Waals surface area contributed by atoms with Gasteiger partial charge in [0.2, 0.25) is 0 Å². The summed E-state index contributed by atoms with van der Waals surface area (Å²) in [4.78, 5) is 3.94. The topological polar surface area (TPSA) is 50.9 Å². The molecule has 0 aliphatic rings. The average Bonchev–Trinajstić information content (AvgIpc) is 2.44. The molecular weight excluding hydrogens is 333 g/mol. The minimum Gasteiger partial charge on any atom is -0.271 e.